The zero-order valence-corrected chi connectivity index (χ0v) is 7.26. The molecular formula is C10H12O3. The molecule has 4 rings (SSSR count). The second-order valence-corrected chi connectivity index (χ2v) is 4.43. The molecule has 0 aromatic rings. The maximum atomic E-state index is 5.75. The number of ether oxygens (including phenoxy) is 3. The Bertz CT molecular complexity index is 255. The van der Waals surface area contributed by atoms with Crippen molar-refractivity contribution in [1.82, 2.24) is 0 Å². The van der Waals surface area contributed by atoms with E-state index in [-0.39, 0.29) is 18.5 Å². The maximum Gasteiger partial charge on any atom is 0.177 e. The molecule has 2 aliphatic heterocycles. The van der Waals surface area contributed by atoms with Crippen LogP contribution in [0, 0.1) is 11.8 Å². The zero-order valence-electron chi connectivity index (χ0n) is 7.26. The molecule has 0 N–H and O–H groups in total. The van der Waals surface area contributed by atoms with Gasteiger partial charge < -0.3 is 14.2 Å². The molecule has 0 aromatic carbocycles. The van der Waals surface area contributed by atoms with E-state index in [0.717, 1.165) is 0 Å². The molecule has 3 heteroatoms. The minimum atomic E-state index is -0.169. The van der Waals surface area contributed by atoms with Crippen molar-refractivity contribution in [3.8, 4) is 0 Å². The van der Waals surface area contributed by atoms with Crippen molar-refractivity contribution in [3.63, 3.8) is 0 Å². The fraction of sp³-hybridized carbons (Fsp3) is 0.800. The second-order valence-electron chi connectivity index (χ2n) is 4.43. The van der Waals surface area contributed by atoms with Crippen LogP contribution in [0.1, 0.15) is 6.42 Å². The van der Waals surface area contributed by atoms with Crippen LogP contribution in [0.3, 0.4) is 0 Å². The van der Waals surface area contributed by atoms with Crippen LogP contribution in [0.4, 0.5) is 0 Å². The maximum absolute atomic E-state index is 5.75. The summed E-state index contributed by atoms with van der Waals surface area (Å²) in [5.74, 6) is 1.20. The Hall–Kier alpha value is -0.380. The number of hydrogen-bond donors (Lipinski definition) is 0. The topological polar surface area (TPSA) is 31.0 Å². The number of rotatable bonds is 1. The van der Waals surface area contributed by atoms with E-state index in [1.165, 1.54) is 6.42 Å². The third-order valence-electron chi connectivity index (χ3n) is 3.89. The van der Waals surface area contributed by atoms with Gasteiger partial charge in [-0.15, -0.1) is 0 Å². The molecule has 6 unspecified atom stereocenters. The van der Waals surface area contributed by atoms with E-state index in [9.17, 15) is 0 Å². The van der Waals surface area contributed by atoms with Gasteiger partial charge in [0.15, 0.2) is 6.29 Å². The lowest BCUT2D eigenvalue weighted by molar-refractivity contribution is -0.0536. The largest absolute Gasteiger partial charge is 0.369 e. The van der Waals surface area contributed by atoms with Crippen molar-refractivity contribution in [2.24, 2.45) is 11.8 Å². The number of epoxide rings is 1. The van der Waals surface area contributed by atoms with Gasteiger partial charge in [0.25, 0.3) is 0 Å². The van der Waals surface area contributed by atoms with Crippen LogP contribution >= 0.6 is 0 Å². The van der Waals surface area contributed by atoms with Crippen LogP contribution in [0.2, 0.25) is 0 Å². The molecule has 2 saturated carbocycles. The third kappa shape index (κ3) is 0.685. The normalized spacial score (nSPS) is 66.3. The van der Waals surface area contributed by atoms with Gasteiger partial charge in [-0.3, -0.25) is 0 Å². The number of hydrogen-bond acceptors (Lipinski definition) is 3. The van der Waals surface area contributed by atoms with E-state index in [2.05, 4.69) is 6.58 Å². The summed E-state index contributed by atoms with van der Waals surface area (Å²) >= 11 is 0. The fourth-order valence-electron chi connectivity index (χ4n) is 3.35. The molecule has 13 heavy (non-hydrogen) atoms. The van der Waals surface area contributed by atoms with Gasteiger partial charge in [0.05, 0.1) is 24.4 Å². The molecule has 0 spiro atoms. The van der Waals surface area contributed by atoms with Crippen LogP contribution in [-0.4, -0.2) is 30.7 Å². The smallest absolute Gasteiger partial charge is 0.177 e. The van der Waals surface area contributed by atoms with E-state index in [4.69, 9.17) is 14.2 Å². The Morgan fingerprint density at radius 3 is 2.00 bits per heavy atom. The summed E-state index contributed by atoms with van der Waals surface area (Å²) in [5, 5.41) is 0. The minimum absolute atomic E-state index is 0.169. The molecule has 0 amide bonds. The first kappa shape index (κ1) is 6.98. The summed E-state index contributed by atoms with van der Waals surface area (Å²) in [6.45, 7) is 3.69. The summed E-state index contributed by atoms with van der Waals surface area (Å²) in [6, 6.07) is 0. The highest BCUT2D eigenvalue weighted by molar-refractivity contribution is 5.17. The summed E-state index contributed by atoms with van der Waals surface area (Å²) in [7, 11) is 0. The van der Waals surface area contributed by atoms with Crippen LogP contribution in [0.5, 0.6) is 0 Å². The molecule has 0 aromatic heterocycles. The van der Waals surface area contributed by atoms with E-state index in [1.54, 1.807) is 6.08 Å². The van der Waals surface area contributed by atoms with E-state index >= 15 is 0 Å². The third-order valence-corrected chi connectivity index (χ3v) is 3.89. The van der Waals surface area contributed by atoms with Gasteiger partial charge in [0, 0.05) is 11.8 Å². The first-order valence-electron chi connectivity index (χ1n) is 4.97. The first-order valence-corrected chi connectivity index (χ1v) is 4.97. The minimum Gasteiger partial charge on any atom is -0.369 e. The van der Waals surface area contributed by atoms with Crippen molar-refractivity contribution < 1.29 is 14.2 Å². The van der Waals surface area contributed by atoms with Gasteiger partial charge in [-0.25, -0.2) is 0 Å². The Morgan fingerprint density at radius 1 is 0.923 bits per heavy atom. The first-order chi connectivity index (χ1) is 6.38. The van der Waals surface area contributed by atoms with Crippen molar-refractivity contribution >= 4 is 0 Å². The second kappa shape index (κ2) is 2.00. The van der Waals surface area contributed by atoms with Crippen LogP contribution in [0.25, 0.3) is 0 Å². The molecule has 2 saturated heterocycles. The Balaban J connectivity index is 1.67. The molecule has 2 aliphatic carbocycles. The molecule has 0 radical (unpaired) electrons. The van der Waals surface area contributed by atoms with Crippen molar-refractivity contribution in [3.05, 3.63) is 12.7 Å². The van der Waals surface area contributed by atoms with E-state index < -0.39 is 0 Å². The van der Waals surface area contributed by atoms with Crippen molar-refractivity contribution in [2.45, 2.75) is 37.1 Å². The summed E-state index contributed by atoms with van der Waals surface area (Å²) in [5.41, 5.74) is 0. The highest BCUT2D eigenvalue weighted by atomic mass is 16.7. The monoisotopic (exact) mass is 180 g/mol. The Kier molecular flexibility index (Phi) is 1.07. The summed E-state index contributed by atoms with van der Waals surface area (Å²) in [6.07, 6.45) is 4.39. The fourth-order valence-corrected chi connectivity index (χ4v) is 3.35. The molecule has 4 fully saturated rings. The predicted molar refractivity (Wildman–Crippen MR) is 44.0 cm³/mol. The molecule has 3 nitrogen and oxygen atoms in total. The average molecular weight is 180 g/mol. The van der Waals surface area contributed by atoms with Crippen LogP contribution in [0.15, 0.2) is 12.7 Å². The standard InChI is InChI=1S/C10H12O3/c1-2-6-11-7-4-3-5(8(7)12-6)10-9(4)13-10/h2,4-10H,1,3H2. The molecular weight excluding hydrogens is 168 g/mol. The van der Waals surface area contributed by atoms with Gasteiger partial charge >= 0.3 is 0 Å². The van der Waals surface area contributed by atoms with Gasteiger partial charge in [-0.1, -0.05) is 6.58 Å². The Morgan fingerprint density at radius 2 is 1.46 bits per heavy atom. The zero-order chi connectivity index (χ0) is 8.58. The highest BCUT2D eigenvalue weighted by Crippen LogP contribution is 2.59. The average Bonchev–Trinajstić information content (AvgIpc) is 2.59. The molecule has 6 atom stereocenters. The SMILES string of the molecule is C=CC1OC2C3CC(C2O1)C1OC31. The summed E-state index contributed by atoms with van der Waals surface area (Å²) in [4.78, 5) is 0. The lowest BCUT2D eigenvalue weighted by Gasteiger charge is -2.17. The van der Waals surface area contributed by atoms with Crippen LogP contribution in [-0.2, 0) is 14.2 Å². The van der Waals surface area contributed by atoms with Gasteiger partial charge in [0.2, 0.25) is 0 Å². The lowest BCUT2D eigenvalue weighted by atomic mass is 9.95. The van der Waals surface area contributed by atoms with E-state index in [1.807, 2.05) is 0 Å². The quantitative estimate of drug-likeness (QED) is 0.439. The lowest BCUT2D eigenvalue weighted by Crippen LogP contribution is -2.33. The summed E-state index contributed by atoms with van der Waals surface area (Å²) < 4.78 is 17.0. The van der Waals surface area contributed by atoms with Gasteiger partial charge in [0.1, 0.15) is 0 Å². The van der Waals surface area contributed by atoms with Crippen LogP contribution < -0.4 is 0 Å². The van der Waals surface area contributed by atoms with Gasteiger partial charge in [-0.2, -0.15) is 0 Å². The molecule has 4 aliphatic rings. The Labute approximate surface area is 76.7 Å². The van der Waals surface area contributed by atoms with E-state index in [0.29, 0.717) is 24.0 Å². The molecule has 70 valence electrons. The predicted octanol–water partition coefficient (Wildman–Crippen LogP) is 0.700. The van der Waals surface area contributed by atoms with Gasteiger partial charge in [-0.05, 0) is 12.5 Å². The molecule has 2 bridgehead atoms. The molecule has 2 heterocycles. The van der Waals surface area contributed by atoms with Crippen molar-refractivity contribution in [1.29, 1.82) is 0 Å². The number of fused-ring (bicyclic) bond motifs is 8. The highest BCUT2D eigenvalue weighted by Gasteiger charge is 2.70. The van der Waals surface area contributed by atoms with Crippen molar-refractivity contribution in [2.75, 3.05) is 0 Å².